The van der Waals surface area contributed by atoms with Crippen molar-refractivity contribution in [2.45, 2.75) is 31.7 Å². The van der Waals surface area contributed by atoms with Crippen molar-refractivity contribution in [1.82, 2.24) is 15.0 Å². The van der Waals surface area contributed by atoms with Crippen molar-refractivity contribution in [3.05, 3.63) is 47.3 Å². The first kappa shape index (κ1) is 11.0. The predicted octanol–water partition coefficient (Wildman–Crippen LogP) is 2.18. The van der Waals surface area contributed by atoms with Gasteiger partial charge in [-0.3, -0.25) is 0 Å². The van der Waals surface area contributed by atoms with E-state index in [4.69, 9.17) is 6.42 Å². The van der Waals surface area contributed by atoms with Gasteiger partial charge in [-0.1, -0.05) is 41.5 Å². The second kappa shape index (κ2) is 4.66. The Morgan fingerprint density at radius 1 is 1.33 bits per heavy atom. The smallest absolute Gasteiger partial charge is 0.103 e. The molecule has 0 radical (unpaired) electrons. The Morgan fingerprint density at radius 3 is 2.94 bits per heavy atom. The summed E-state index contributed by atoms with van der Waals surface area (Å²) in [6, 6.07) is 10.6. The molecule has 1 atom stereocenters. The molecule has 1 aliphatic rings. The van der Waals surface area contributed by atoms with Gasteiger partial charge in [-0.15, -0.1) is 11.5 Å². The van der Waals surface area contributed by atoms with Crippen molar-refractivity contribution in [2.24, 2.45) is 0 Å². The highest BCUT2D eigenvalue weighted by Gasteiger charge is 2.24. The van der Waals surface area contributed by atoms with Crippen LogP contribution in [0.5, 0.6) is 0 Å². The fraction of sp³-hybridized carbons (Fsp3) is 0.333. The van der Waals surface area contributed by atoms with Crippen molar-refractivity contribution in [3.63, 3.8) is 0 Å². The van der Waals surface area contributed by atoms with E-state index in [2.05, 4.69) is 46.6 Å². The highest BCUT2D eigenvalue weighted by atomic mass is 15.4. The highest BCUT2D eigenvalue weighted by molar-refractivity contribution is 5.26. The van der Waals surface area contributed by atoms with Gasteiger partial charge in [-0.25, -0.2) is 4.68 Å². The molecule has 0 amide bonds. The average Bonchev–Trinajstić information content (AvgIpc) is 2.83. The predicted molar refractivity (Wildman–Crippen MR) is 70.1 cm³/mol. The Bertz CT molecular complexity index is 578. The van der Waals surface area contributed by atoms with Gasteiger partial charge in [-0.2, -0.15) is 0 Å². The van der Waals surface area contributed by atoms with Crippen LogP contribution >= 0.6 is 0 Å². The van der Waals surface area contributed by atoms with E-state index in [0.717, 1.165) is 25.0 Å². The van der Waals surface area contributed by atoms with Crippen LogP contribution in [0.1, 0.15) is 29.3 Å². The summed E-state index contributed by atoms with van der Waals surface area (Å²) in [5.41, 5.74) is 3.74. The van der Waals surface area contributed by atoms with Crippen molar-refractivity contribution < 1.29 is 0 Å². The summed E-state index contributed by atoms with van der Waals surface area (Å²) in [4.78, 5) is 0. The highest BCUT2D eigenvalue weighted by Crippen LogP contribution is 2.31. The van der Waals surface area contributed by atoms with Gasteiger partial charge in [0, 0.05) is 6.42 Å². The number of aromatic nitrogens is 3. The number of terminal acetylenes is 1. The Balaban J connectivity index is 1.84. The molecule has 0 bridgehead atoms. The molecule has 1 heterocycles. The lowest BCUT2D eigenvalue weighted by Gasteiger charge is -2.21. The lowest BCUT2D eigenvalue weighted by molar-refractivity contribution is 0.550. The van der Waals surface area contributed by atoms with Crippen LogP contribution in [0.3, 0.4) is 0 Å². The van der Waals surface area contributed by atoms with Crippen LogP contribution in [0.2, 0.25) is 0 Å². The molecule has 1 aliphatic carbocycles. The van der Waals surface area contributed by atoms with Crippen LogP contribution in [0.4, 0.5) is 0 Å². The largest absolute Gasteiger partial charge is 0.237 e. The van der Waals surface area contributed by atoms with Gasteiger partial charge in [-0.05, 0) is 24.3 Å². The molecule has 0 N–H and O–H groups in total. The minimum Gasteiger partial charge on any atom is -0.237 e. The van der Waals surface area contributed by atoms with E-state index in [1.807, 2.05) is 4.68 Å². The summed E-state index contributed by atoms with van der Waals surface area (Å²) in [7, 11) is 0. The van der Waals surface area contributed by atoms with E-state index < -0.39 is 0 Å². The summed E-state index contributed by atoms with van der Waals surface area (Å²) < 4.78 is 1.86. The molecule has 3 heteroatoms. The van der Waals surface area contributed by atoms with Crippen LogP contribution in [0.25, 0.3) is 0 Å². The van der Waals surface area contributed by atoms with Crippen LogP contribution in [-0.2, 0) is 19.4 Å². The SMILES string of the molecule is C#CCn1nnc2c1CCC(c1ccccc1)C2. The Morgan fingerprint density at radius 2 is 2.17 bits per heavy atom. The van der Waals surface area contributed by atoms with E-state index in [0.29, 0.717) is 12.5 Å². The van der Waals surface area contributed by atoms with Gasteiger partial charge in [0.25, 0.3) is 0 Å². The molecule has 1 unspecified atom stereocenters. The van der Waals surface area contributed by atoms with Gasteiger partial charge < -0.3 is 0 Å². The monoisotopic (exact) mass is 237 g/mol. The van der Waals surface area contributed by atoms with Gasteiger partial charge in [0.1, 0.15) is 6.54 Å². The quantitative estimate of drug-likeness (QED) is 0.750. The fourth-order valence-electron chi connectivity index (χ4n) is 2.67. The van der Waals surface area contributed by atoms with Gasteiger partial charge >= 0.3 is 0 Å². The molecular weight excluding hydrogens is 222 g/mol. The zero-order valence-corrected chi connectivity index (χ0v) is 10.2. The van der Waals surface area contributed by atoms with Crippen LogP contribution in [0.15, 0.2) is 30.3 Å². The standard InChI is InChI=1S/C15H15N3/c1-2-10-18-15-9-8-13(11-14(15)16-17-18)12-6-4-3-5-7-12/h1,3-7,13H,8-11H2. The Kier molecular flexibility index (Phi) is 2.85. The van der Waals surface area contributed by atoms with Gasteiger partial charge in [0.05, 0.1) is 11.4 Å². The summed E-state index contributed by atoms with van der Waals surface area (Å²) in [6.45, 7) is 0.526. The molecule has 18 heavy (non-hydrogen) atoms. The summed E-state index contributed by atoms with van der Waals surface area (Å²) >= 11 is 0. The normalized spacial score (nSPS) is 18.1. The van der Waals surface area contributed by atoms with E-state index in [-0.39, 0.29) is 0 Å². The summed E-state index contributed by atoms with van der Waals surface area (Å²) in [6.07, 6.45) is 8.47. The zero-order valence-electron chi connectivity index (χ0n) is 10.2. The molecular formula is C15H15N3. The molecule has 2 aromatic rings. The number of hydrogen-bond acceptors (Lipinski definition) is 2. The van der Waals surface area contributed by atoms with Gasteiger partial charge in [0.2, 0.25) is 0 Å². The molecule has 0 saturated heterocycles. The van der Waals surface area contributed by atoms with E-state index in [1.54, 1.807) is 0 Å². The number of fused-ring (bicyclic) bond motifs is 1. The van der Waals surface area contributed by atoms with Crippen molar-refractivity contribution in [2.75, 3.05) is 0 Å². The second-order valence-corrected chi connectivity index (χ2v) is 4.70. The second-order valence-electron chi connectivity index (χ2n) is 4.70. The van der Waals surface area contributed by atoms with Crippen molar-refractivity contribution in [1.29, 1.82) is 0 Å². The minimum atomic E-state index is 0.526. The van der Waals surface area contributed by atoms with Gasteiger partial charge in [0.15, 0.2) is 0 Å². The molecule has 3 rings (SSSR count). The maximum Gasteiger partial charge on any atom is 0.103 e. The number of benzene rings is 1. The number of hydrogen-bond donors (Lipinski definition) is 0. The Labute approximate surface area is 107 Å². The maximum atomic E-state index is 5.33. The molecule has 0 spiro atoms. The number of nitrogens with zero attached hydrogens (tertiary/aromatic N) is 3. The third-order valence-corrected chi connectivity index (χ3v) is 3.60. The zero-order chi connectivity index (χ0) is 12.4. The van der Waals surface area contributed by atoms with Crippen LogP contribution in [-0.4, -0.2) is 15.0 Å². The van der Waals surface area contributed by atoms with E-state index in [1.165, 1.54) is 11.3 Å². The molecule has 0 aliphatic heterocycles. The lowest BCUT2D eigenvalue weighted by atomic mass is 9.84. The first-order chi connectivity index (χ1) is 8.88. The topological polar surface area (TPSA) is 30.7 Å². The molecule has 1 aromatic carbocycles. The molecule has 3 nitrogen and oxygen atoms in total. The van der Waals surface area contributed by atoms with Crippen LogP contribution < -0.4 is 0 Å². The molecule has 90 valence electrons. The minimum absolute atomic E-state index is 0.526. The molecule has 1 aromatic heterocycles. The first-order valence-corrected chi connectivity index (χ1v) is 6.28. The van der Waals surface area contributed by atoms with E-state index in [9.17, 15) is 0 Å². The Hall–Kier alpha value is -2.08. The fourth-order valence-corrected chi connectivity index (χ4v) is 2.67. The van der Waals surface area contributed by atoms with Crippen molar-refractivity contribution >= 4 is 0 Å². The van der Waals surface area contributed by atoms with Crippen molar-refractivity contribution in [3.8, 4) is 12.3 Å². The molecule has 0 fully saturated rings. The third kappa shape index (κ3) is 1.91. The average molecular weight is 237 g/mol. The summed E-state index contributed by atoms with van der Waals surface area (Å²) in [5, 5.41) is 8.41. The number of rotatable bonds is 2. The van der Waals surface area contributed by atoms with E-state index >= 15 is 0 Å². The lowest BCUT2D eigenvalue weighted by Crippen LogP contribution is -2.15. The molecule has 0 saturated carbocycles. The van der Waals surface area contributed by atoms with Crippen LogP contribution in [0, 0.1) is 12.3 Å². The third-order valence-electron chi connectivity index (χ3n) is 3.60. The maximum absolute atomic E-state index is 5.33. The summed E-state index contributed by atoms with van der Waals surface area (Å²) in [5.74, 6) is 3.19. The first-order valence-electron chi connectivity index (χ1n) is 6.28.